The maximum Gasteiger partial charge on any atom is 0.178 e. The number of anilines is 1. The molecule has 1 fully saturated rings. The van der Waals surface area contributed by atoms with E-state index in [2.05, 4.69) is 5.32 Å². The summed E-state index contributed by atoms with van der Waals surface area (Å²) in [7, 11) is 0. The Balaban J connectivity index is 1.78. The highest BCUT2D eigenvalue weighted by atomic mass is 16.6. The topological polar surface area (TPSA) is 119 Å². The zero-order valence-corrected chi connectivity index (χ0v) is 12.3. The minimum Gasteiger partial charge on any atom is -0.394 e. The molecule has 23 heavy (non-hydrogen) atoms. The van der Waals surface area contributed by atoms with Crippen molar-refractivity contribution in [2.45, 2.75) is 37.1 Å². The number of aliphatic hydroxyl groups is 4. The van der Waals surface area contributed by atoms with Gasteiger partial charge in [0.1, 0.15) is 24.4 Å². The Morgan fingerprint density at radius 1 is 1.17 bits per heavy atom. The highest BCUT2D eigenvalue weighted by Crippen LogP contribution is 2.26. The third-order valence-corrected chi connectivity index (χ3v) is 4.19. The highest BCUT2D eigenvalue weighted by molar-refractivity contribution is 5.98. The molecule has 0 bridgehead atoms. The quantitative estimate of drug-likeness (QED) is 0.486. The number of benzene rings is 1. The summed E-state index contributed by atoms with van der Waals surface area (Å²) in [6, 6.07) is 4.39. The molecule has 1 saturated heterocycles. The van der Waals surface area contributed by atoms with Crippen molar-refractivity contribution in [2.75, 3.05) is 11.9 Å². The minimum absolute atomic E-state index is 0.0110. The lowest BCUT2D eigenvalue weighted by molar-refractivity contribution is -0.245. The summed E-state index contributed by atoms with van der Waals surface area (Å²) >= 11 is 0. The molecule has 1 aliphatic heterocycles. The molecular weight excluding hydrogens is 302 g/mol. The number of hydrogen-bond acceptors (Lipinski definition) is 7. The Hall–Kier alpha value is -1.77. The molecule has 124 valence electrons. The van der Waals surface area contributed by atoms with E-state index in [1.54, 1.807) is 18.2 Å². The molecule has 1 aromatic carbocycles. The fourth-order valence-corrected chi connectivity index (χ4v) is 2.89. The van der Waals surface area contributed by atoms with Crippen LogP contribution in [0.4, 0.5) is 5.69 Å². The van der Waals surface area contributed by atoms with Gasteiger partial charge in [0.2, 0.25) is 0 Å². The third kappa shape index (κ3) is 3.15. The molecule has 5 N–H and O–H groups in total. The molecule has 1 heterocycles. The number of allylic oxidation sites excluding steroid dienone is 1. The average molecular weight is 321 g/mol. The molecule has 0 radical (unpaired) electrons. The number of aliphatic hydroxyl groups excluding tert-OH is 4. The predicted octanol–water partition coefficient (Wildman–Crippen LogP) is -0.963. The molecule has 3 unspecified atom stereocenters. The Morgan fingerprint density at radius 3 is 2.70 bits per heavy atom. The van der Waals surface area contributed by atoms with Crippen LogP contribution in [0.25, 0.3) is 6.08 Å². The van der Waals surface area contributed by atoms with Crippen LogP contribution in [-0.2, 0) is 16.0 Å². The molecular formula is C16H19NO6. The minimum atomic E-state index is -1.39. The Bertz CT molecular complexity index is 631. The summed E-state index contributed by atoms with van der Waals surface area (Å²) in [6.45, 7) is -0.505. The molecule has 0 saturated carbocycles. The van der Waals surface area contributed by atoms with Gasteiger partial charge in [0.25, 0.3) is 0 Å². The summed E-state index contributed by atoms with van der Waals surface area (Å²) < 4.78 is 5.10. The highest BCUT2D eigenvalue weighted by Gasteiger charge is 2.43. The van der Waals surface area contributed by atoms with Crippen LogP contribution < -0.4 is 5.32 Å². The van der Waals surface area contributed by atoms with Gasteiger partial charge in [0.15, 0.2) is 12.1 Å². The van der Waals surface area contributed by atoms with Gasteiger partial charge >= 0.3 is 0 Å². The molecule has 1 aliphatic carbocycles. The van der Waals surface area contributed by atoms with E-state index in [0.29, 0.717) is 12.1 Å². The summed E-state index contributed by atoms with van der Waals surface area (Å²) in [5.74, 6) is 0.0110. The van der Waals surface area contributed by atoms with Gasteiger partial charge in [-0.2, -0.15) is 0 Å². The van der Waals surface area contributed by atoms with Crippen molar-refractivity contribution >= 4 is 17.5 Å². The van der Waals surface area contributed by atoms with E-state index in [1.807, 2.05) is 6.07 Å². The number of rotatable bonds is 3. The first-order valence-electron chi connectivity index (χ1n) is 7.40. The van der Waals surface area contributed by atoms with Crippen LogP contribution >= 0.6 is 0 Å². The largest absolute Gasteiger partial charge is 0.394 e. The molecule has 0 spiro atoms. The summed E-state index contributed by atoms with van der Waals surface area (Å²) in [6.07, 6.45) is -1.48. The molecule has 7 nitrogen and oxygen atoms in total. The number of carbonyl (C=O) groups is 1. The molecule has 7 heteroatoms. The molecule has 5 atom stereocenters. The van der Waals surface area contributed by atoms with Crippen molar-refractivity contribution in [3.63, 3.8) is 0 Å². The smallest absolute Gasteiger partial charge is 0.178 e. The number of fused-ring (bicyclic) bond motifs is 1. The van der Waals surface area contributed by atoms with E-state index in [9.17, 15) is 20.1 Å². The van der Waals surface area contributed by atoms with Gasteiger partial charge in [-0.1, -0.05) is 12.1 Å². The van der Waals surface area contributed by atoms with Crippen LogP contribution in [0, 0.1) is 0 Å². The maximum absolute atomic E-state index is 11.5. The maximum atomic E-state index is 11.5. The fourth-order valence-electron chi connectivity index (χ4n) is 2.89. The van der Waals surface area contributed by atoms with Crippen LogP contribution in [0.1, 0.15) is 11.1 Å². The summed E-state index contributed by atoms with van der Waals surface area (Å²) in [5, 5.41) is 42.0. The SMILES string of the molecule is O=C1C=Cc2ccc(NC3C(O)OC(CO)[C@@H](O)[C@@H]3O)cc2C1. The van der Waals surface area contributed by atoms with Gasteiger partial charge in [0, 0.05) is 12.1 Å². The Labute approximate surface area is 132 Å². The van der Waals surface area contributed by atoms with E-state index in [0.717, 1.165) is 11.1 Å². The van der Waals surface area contributed by atoms with E-state index < -0.39 is 37.3 Å². The number of hydrogen-bond donors (Lipinski definition) is 5. The second-order valence-corrected chi connectivity index (χ2v) is 5.79. The van der Waals surface area contributed by atoms with Crippen molar-refractivity contribution in [2.24, 2.45) is 0 Å². The van der Waals surface area contributed by atoms with Crippen LogP contribution in [0.5, 0.6) is 0 Å². The molecule has 0 amide bonds. The second kappa shape index (κ2) is 6.38. The third-order valence-electron chi connectivity index (χ3n) is 4.19. The lowest BCUT2D eigenvalue weighted by Gasteiger charge is -2.40. The van der Waals surface area contributed by atoms with Crippen LogP contribution in [0.15, 0.2) is 24.3 Å². The van der Waals surface area contributed by atoms with Crippen LogP contribution in [0.2, 0.25) is 0 Å². The van der Waals surface area contributed by atoms with Crippen molar-refractivity contribution in [1.29, 1.82) is 0 Å². The van der Waals surface area contributed by atoms with Gasteiger partial charge in [-0.25, -0.2) is 0 Å². The molecule has 2 aliphatic rings. The Kier molecular flexibility index (Phi) is 4.47. The standard InChI is InChI=1S/C16H19NO6/c18-7-12-14(20)15(21)13(16(22)23-12)17-10-3-1-8-2-4-11(19)6-9(8)5-10/h1-5,12-18,20-22H,6-7H2/t12?,13?,14-,15-,16?/m1/s1. The number of ketones is 1. The predicted molar refractivity (Wildman–Crippen MR) is 81.6 cm³/mol. The van der Waals surface area contributed by atoms with Gasteiger partial charge in [-0.15, -0.1) is 0 Å². The molecule has 3 rings (SSSR count). The van der Waals surface area contributed by atoms with Crippen LogP contribution in [-0.4, -0.2) is 63.5 Å². The van der Waals surface area contributed by atoms with Crippen molar-refractivity contribution < 1.29 is 30.0 Å². The fraction of sp³-hybridized carbons (Fsp3) is 0.438. The van der Waals surface area contributed by atoms with E-state index in [-0.39, 0.29) is 5.78 Å². The van der Waals surface area contributed by atoms with E-state index >= 15 is 0 Å². The molecule has 1 aromatic rings. The van der Waals surface area contributed by atoms with Crippen molar-refractivity contribution in [3.05, 3.63) is 35.4 Å². The van der Waals surface area contributed by atoms with E-state index in [1.165, 1.54) is 6.08 Å². The summed E-state index contributed by atoms with van der Waals surface area (Å²) in [4.78, 5) is 11.5. The monoisotopic (exact) mass is 321 g/mol. The number of ether oxygens (including phenoxy) is 1. The molecule has 0 aromatic heterocycles. The average Bonchev–Trinajstić information content (AvgIpc) is 2.54. The lowest BCUT2D eigenvalue weighted by atomic mass is 9.94. The first-order chi connectivity index (χ1) is 11.0. The first-order valence-corrected chi connectivity index (χ1v) is 7.40. The lowest BCUT2D eigenvalue weighted by Crippen LogP contribution is -2.61. The van der Waals surface area contributed by atoms with Crippen molar-refractivity contribution in [1.82, 2.24) is 0 Å². The zero-order valence-electron chi connectivity index (χ0n) is 12.3. The second-order valence-electron chi connectivity index (χ2n) is 5.79. The van der Waals surface area contributed by atoms with Gasteiger partial charge < -0.3 is 30.5 Å². The van der Waals surface area contributed by atoms with Gasteiger partial charge in [0.05, 0.1) is 6.61 Å². The van der Waals surface area contributed by atoms with E-state index in [4.69, 9.17) is 9.84 Å². The first kappa shape index (κ1) is 16.1. The van der Waals surface area contributed by atoms with Gasteiger partial charge in [-0.05, 0) is 29.3 Å². The van der Waals surface area contributed by atoms with Gasteiger partial charge in [-0.3, -0.25) is 4.79 Å². The number of carbonyl (C=O) groups excluding carboxylic acids is 1. The van der Waals surface area contributed by atoms with Crippen LogP contribution in [0.3, 0.4) is 0 Å². The Morgan fingerprint density at radius 2 is 1.96 bits per heavy atom. The number of nitrogens with one attached hydrogen (secondary N) is 1. The summed E-state index contributed by atoms with van der Waals surface area (Å²) in [5.41, 5.74) is 2.38. The van der Waals surface area contributed by atoms with Crippen molar-refractivity contribution in [3.8, 4) is 0 Å². The normalized spacial score (nSPS) is 33.4. The zero-order chi connectivity index (χ0) is 16.6.